The van der Waals surface area contributed by atoms with Crippen molar-refractivity contribution < 1.29 is 0 Å². The van der Waals surface area contributed by atoms with Crippen LogP contribution in [0.25, 0.3) is 0 Å². The molecule has 2 unspecified atom stereocenters. The predicted molar refractivity (Wildman–Crippen MR) is 69.1 cm³/mol. The summed E-state index contributed by atoms with van der Waals surface area (Å²) in [4.78, 5) is 0. The largest absolute Gasteiger partial charge is 0.322 e. The lowest BCUT2D eigenvalue weighted by atomic mass is 9.78. The molecule has 1 aromatic heterocycles. The average Bonchev–Trinajstić information content (AvgIpc) is 2.79. The molecule has 1 aromatic carbocycles. The van der Waals surface area contributed by atoms with E-state index in [9.17, 15) is 0 Å². The first kappa shape index (κ1) is 10.9. The number of hydrogen-bond donors (Lipinski definition) is 1. The van der Waals surface area contributed by atoms with Gasteiger partial charge in [-0.2, -0.15) is 0 Å². The molecule has 0 bridgehead atoms. The summed E-state index contributed by atoms with van der Waals surface area (Å²) in [5.41, 5.74) is 8.81. The molecule has 1 aliphatic rings. The molecule has 0 amide bonds. The van der Waals surface area contributed by atoms with Crippen LogP contribution in [0.5, 0.6) is 0 Å². The first-order chi connectivity index (χ1) is 8.29. The van der Waals surface area contributed by atoms with Gasteiger partial charge in [0, 0.05) is 5.92 Å². The monoisotopic (exact) mass is 245 g/mol. The van der Waals surface area contributed by atoms with Gasteiger partial charge in [0.1, 0.15) is 10.0 Å². The van der Waals surface area contributed by atoms with Gasteiger partial charge in [-0.15, -0.1) is 10.2 Å². The number of aromatic nitrogens is 2. The molecule has 0 radical (unpaired) electrons. The fraction of sp³-hybridized carbons (Fsp3) is 0.385. The second-order valence-electron chi connectivity index (χ2n) is 4.45. The molecule has 0 saturated carbocycles. The van der Waals surface area contributed by atoms with Crippen LogP contribution >= 0.6 is 11.3 Å². The maximum Gasteiger partial charge on any atom is 0.134 e. The van der Waals surface area contributed by atoms with Crippen molar-refractivity contribution in [2.45, 2.75) is 31.7 Å². The van der Waals surface area contributed by atoms with E-state index in [0.29, 0.717) is 5.92 Å². The van der Waals surface area contributed by atoms with E-state index in [2.05, 4.69) is 41.4 Å². The van der Waals surface area contributed by atoms with Crippen molar-refractivity contribution in [1.82, 2.24) is 10.2 Å². The normalized spacial score (nSPS) is 19.5. The molecule has 3 rings (SSSR count). The Labute approximate surface area is 105 Å². The van der Waals surface area contributed by atoms with Crippen LogP contribution in [0, 0.1) is 0 Å². The van der Waals surface area contributed by atoms with Crippen LogP contribution in [0.3, 0.4) is 0 Å². The van der Waals surface area contributed by atoms with Gasteiger partial charge in [0.15, 0.2) is 0 Å². The lowest BCUT2D eigenvalue weighted by molar-refractivity contribution is 0.669. The smallest absolute Gasteiger partial charge is 0.134 e. The highest BCUT2D eigenvalue weighted by molar-refractivity contribution is 7.11. The molecule has 88 valence electrons. The summed E-state index contributed by atoms with van der Waals surface area (Å²) >= 11 is 1.67. The minimum atomic E-state index is 0.0385. The lowest BCUT2D eigenvalue weighted by Crippen LogP contribution is -2.17. The molecule has 2 atom stereocenters. The van der Waals surface area contributed by atoms with Gasteiger partial charge < -0.3 is 5.73 Å². The standard InChI is InChI=1S/C13H15N3S/c1-2-11(14)13-16-15-12(17-13)10-7-8-5-3-4-6-9(8)10/h3-6,10-11H,2,7,14H2,1H3. The van der Waals surface area contributed by atoms with E-state index in [1.54, 1.807) is 11.3 Å². The molecule has 0 spiro atoms. The van der Waals surface area contributed by atoms with Crippen LogP contribution in [0.4, 0.5) is 0 Å². The highest BCUT2D eigenvalue weighted by Gasteiger charge is 2.30. The summed E-state index contributed by atoms with van der Waals surface area (Å²) in [5, 5.41) is 10.6. The van der Waals surface area contributed by atoms with Crippen molar-refractivity contribution >= 4 is 11.3 Å². The number of rotatable bonds is 3. The van der Waals surface area contributed by atoms with Gasteiger partial charge in [0.05, 0.1) is 6.04 Å². The number of nitrogens with two attached hydrogens (primary N) is 1. The Hall–Kier alpha value is -1.26. The highest BCUT2D eigenvalue weighted by Crippen LogP contribution is 2.41. The molecule has 0 saturated heterocycles. The van der Waals surface area contributed by atoms with Crippen molar-refractivity contribution in [3.63, 3.8) is 0 Å². The fourth-order valence-electron chi connectivity index (χ4n) is 2.19. The number of fused-ring (bicyclic) bond motifs is 1. The molecule has 17 heavy (non-hydrogen) atoms. The third-order valence-electron chi connectivity index (χ3n) is 3.37. The Morgan fingerprint density at radius 3 is 3.00 bits per heavy atom. The Kier molecular flexibility index (Phi) is 2.68. The number of benzene rings is 1. The van der Waals surface area contributed by atoms with Crippen molar-refractivity contribution in [2.75, 3.05) is 0 Å². The maximum absolute atomic E-state index is 5.97. The zero-order chi connectivity index (χ0) is 11.8. The Morgan fingerprint density at radius 2 is 2.24 bits per heavy atom. The second kappa shape index (κ2) is 4.20. The summed E-state index contributed by atoms with van der Waals surface area (Å²) in [5.74, 6) is 0.446. The van der Waals surface area contributed by atoms with E-state index >= 15 is 0 Å². The van der Waals surface area contributed by atoms with Crippen molar-refractivity contribution in [3.8, 4) is 0 Å². The van der Waals surface area contributed by atoms with Gasteiger partial charge in [-0.3, -0.25) is 0 Å². The van der Waals surface area contributed by atoms with Gasteiger partial charge >= 0.3 is 0 Å². The molecule has 4 heteroatoms. The van der Waals surface area contributed by atoms with Crippen molar-refractivity contribution in [1.29, 1.82) is 0 Å². The second-order valence-corrected chi connectivity index (χ2v) is 5.49. The van der Waals surface area contributed by atoms with Crippen LogP contribution in [0.1, 0.15) is 46.4 Å². The van der Waals surface area contributed by atoms with Gasteiger partial charge in [-0.1, -0.05) is 42.5 Å². The number of hydrogen-bond acceptors (Lipinski definition) is 4. The predicted octanol–water partition coefficient (Wildman–Crippen LogP) is 2.64. The maximum atomic E-state index is 5.97. The third kappa shape index (κ3) is 1.77. The molecule has 2 aromatic rings. The summed E-state index contributed by atoms with van der Waals surface area (Å²) in [6, 6.07) is 8.59. The van der Waals surface area contributed by atoms with Gasteiger partial charge in [0.25, 0.3) is 0 Å². The molecule has 0 aliphatic heterocycles. The van der Waals surface area contributed by atoms with Gasteiger partial charge in [0.2, 0.25) is 0 Å². The zero-order valence-electron chi connectivity index (χ0n) is 9.76. The third-order valence-corrected chi connectivity index (χ3v) is 4.53. The van der Waals surface area contributed by atoms with E-state index in [0.717, 1.165) is 22.9 Å². The molecule has 2 N–H and O–H groups in total. The average molecular weight is 245 g/mol. The molecule has 0 fully saturated rings. The summed E-state index contributed by atoms with van der Waals surface area (Å²) in [6.07, 6.45) is 2.00. The van der Waals surface area contributed by atoms with Crippen LogP contribution in [0.2, 0.25) is 0 Å². The van der Waals surface area contributed by atoms with Crippen LogP contribution in [0.15, 0.2) is 24.3 Å². The molecule has 1 heterocycles. The highest BCUT2D eigenvalue weighted by atomic mass is 32.1. The fourth-order valence-corrected chi connectivity index (χ4v) is 3.24. The minimum absolute atomic E-state index is 0.0385. The molecular formula is C13H15N3S. The summed E-state index contributed by atoms with van der Waals surface area (Å²) in [6.45, 7) is 2.07. The quantitative estimate of drug-likeness (QED) is 0.904. The molecule has 3 nitrogen and oxygen atoms in total. The van der Waals surface area contributed by atoms with Gasteiger partial charge in [-0.25, -0.2) is 0 Å². The topological polar surface area (TPSA) is 51.8 Å². The Morgan fingerprint density at radius 1 is 1.41 bits per heavy atom. The van der Waals surface area contributed by atoms with Crippen LogP contribution in [-0.2, 0) is 6.42 Å². The zero-order valence-corrected chi connectivity index (χ0v) is 10.6. The molecule has 1 aliphatic carbocycles. The molecular weight excluding hydrogens is 230 g/mol. The SMILES string of the molecule is CCC(N)c1nnc(C2Cc3ccccc32)s1. The minimum Gasteiger partial charge on any atom is -0.322 e. The number of nitrogens with zero attached hydrogens (tertiary/aromatic N) is 2. The van der Waals surface area contributed by atoms with E-state index in [1.807, 2.05) is 0 Å². The van der Waals surface area contributed by atoms with Crippen molar-refractivity contribution in [2.24, 2.45) is 5.73 Å². The Bertz CT molecular complexity index is 535. The van der Waals surface area contributed by atoms with Gasteiger partial charge in [-0.05, 0) is 24.0 Å². The van der Waals surface area contributed by atoms with E-state index < -0.39 is 0 Å². The van der Waals surface area contributed by atoms with Crippen LogP contribution in [-0.4, -0.2) is 10.2 Å². The van der Waals surface area contributed by atoms with E-state index in [-0.39, 0.29) is 6.04 Å². The Balaban J connectivity index is 1.86. The lowest BCUT2D eigenvalue weighted by Gasteiger charge is -2.27. The van der Waals surface area contributed by atoms with E-state index in [1.165, 1.54) is 11.1 Å². The first-order valence-corrected chi connectivity index (χ1v) is 6.78. The van der Waals surface area contributed by atoms with Crippen molar-refractivity contribution in [3.05, 3.63) is 45.4 Å². The summed E-state index contributed by atoms with van der Waals surface area (Å²) in [7, 11) is 0. The first-order valence-electron chi connectivity index (χ1n) is 5.96. The summed E-state index contributed by atoms with van der Waals surface area (Å²) < 4.78 is 0. The van der Waals surface area contributed by atoms with Crippen LogP contribution < -0.4 is 5.73 Å². The van der Waals surface area contributed by atoms with E-state index in [4.69, 9.17) is 5.73 Å².